The zero-order valence-corrected chi connectivity index (χ0v) is 19.3. The minimum atomic E-state index is -1.10. The van der Waals surface area contributed by atoms with Gasteiger partial charge in [0.15, 0.2) is 0 Å². The summed E-state index contributed by atoms with van der Waals surface area (Å²) in [6.45, 7) is 3.84. The van der Waals surface area contributed by atoms with Gasteiger partial charge in [-0.05, 0) is 38.7 Å². The Balaban J connectivity index is 1.65. The number of ether oxygens (including phenoxy) is 1. The zero-order valence-electron chi connectivity index (χ0n) is 18.5. The van der Waals surface area contributed by atoms with Gasteiger partial charge in [0.2, 0.25) is 11.8 Å². The van der Waals surface area contributed by atoms with Crippen LogP contribution in [-0.4, -0.2) is 60.6 Å². The van der Waals surface area contributed by atoms with Crippen molar-refractivity contribution >= 4 is 34.8 Å². The number of carbonyl (C=O) groups excluding carboxylic acids is 2. The molecule has 4 rings (SSSR count). The maximum Gasteiger partial charge on any atom is 0.348 e. The molecule has 0 atom stereocenters. The first-order chi connectivity index (χ1) is 15.4. The van der Waals surface area contributed by atoms with Gasteiger partial charge >= 0.3 is 5.97 Å². The average Bonchev–Trinajstić information content (AvgIpc) is 3.39. The Labute approximate surface area is 192 Å². The summed E-state index contributed by atoms with van der Waals surface area (Å²) in [7, 11) is 0. The first-order valence-electron chi connectivity index (χ1n) is 11.4. The number of hydrogen-bond acceptors (Lipinski definition) is 5. The fraction of sp³-hybridized carbons (Fsp3) is 0.625. The Hall–Kier alpha value is -2.37. The number of nitrogens with zero attached hydrogens (tertiary/aromatic N) is 2. The predicted molar refractivity (Wildman–Crippen MR) is 122 cm³/mol. The zero-order chi connectivity index (χ0) is 22.7. The van der Waals surface area contributed by atoms with Crippen LogP contribution >= 0.6 is 11.3 Å². The van der Waals surface area contributed by atoms with Gasteiger partial charge in [0, 0.05) is 24.4 Å². The Bertz CT molecular complexity index is 943. The lowest BCUT2D eigenvalue weighted by Gasteiger charge is -2.32. The first-order valence-corrected chi connectivity index (χ1v) is 12.3. The van der Waals surface area contributed by atoms with Crippen molar-refractivity contribution in [3.8, 4) is 11.8 Å². The lowest BCUT2D eigenvalue weighted by atomic mass is 9.88. The molecule has 0 unspecified atom stereocenters. The molecule has 2 saturated carbocycles. The molecule has 3 fully saturated rings. The summed E-state index contributed by atoms with van der Waals surface area (Å²) in [6, 6.07) is 1.68. The lowest BCUT2D eigenvalue weighted by molar-refractivity contribution is -0.135. The third kappa shape index (κ3) is 5.33. The van der Waals surface area contributed by atoms with E-state index in [1.54, 1.807) is 11.0 Å². The van der Waals surface area contributed by atoms with Crippen LogP contribution in [0.25, 0.3) is 0 Å². The molecular weight excluding hydrogens is 428 g/mol. The standard InChI is InChI=1S/C24H30N2O5S/c1-24(9-10-24)8-7-18-15-19(21(32-18)23(29)30)26(22(28)17-5-3-2-4-6-17)16-20(27)25-11-13-31-14-12-25/h15,17H,2-6,9-14,16H2,1H3,(H,29,30). The molecular formula is C24H30N2O5S. The molecule has 0 spiro atoms. The molecule has 1 aromatic rings. The number of aromatic carboxylic acids is 1. The summed E-state index contributed by atoms with van der Waals surface area (Å²) in [5.41, 5.74) is 0.308. The number of morpholine rings is 1. The van der Waals surface area contributed by atoms with Crippen LogP contribution in [0.3, 0.4) is 0 Å². The molecule has 0 aromatic carbocycles. The van der Waals surface area contributed by atoms with E-state index in [9.17, 15) is 19.5 Å². The van der Waals surface area contributed by atoms with Crippen molar-refractivity contribution in [3.63, 3.8) is 0 Å². The van der Waals surface area contributed by atoms with Crippen LogP contribution in [-0.2, 0) is 14.3 Å². The predicted octanol–water partition coefficient (Wildman–Crippen LogP) is 3.37. The Morgan fingerprint density at radius 2 is 1.91 bits per heavy atom. The molecule has 2 heterocycles. The molecule has 8 heteroatoms. The van der Waals surface area contributed by atoms with Gasteiger partial charge in [-0.3, -0.25) is 9.59 Å². The Morgan fingerprint density at radius 1 is 1.22 bits per heavy atom. The van der Waals surface area contributed by atoms with Crippen molar-refractivity contribution in [1.29, 1.82) is 0 Å². The smallest absolute Gasteiger partial charge is 0.348 e. The molecule has 172 valence electrons. The lowest BCUT2D eigenvalue weighted by Crippen LogP contribution is -2.48. The quantitative estimate of drug-likeness (QED) is 0.684. The van der Waals surface area contributed by atoms with E-state index in [0.717, 1.165) is 56.3 Å². The largest absolute Gasteiger partial charge is 0.477 e. The van der Waals surface area contributed by atoms with E-state index in [-0.39, 0.29) is 34.6 Å². The molecule has 0 radical (unpaired) electrons. The highest BCUT2D eigenvalue weighted by molar-refractivity contribution is 7.15. The van der Waals surface area contributed by atoms with Gasteiger partial charge in [-0.1, -0.05) is 31.1 Å². The summed E-state index contributed by atoms with van der Waals surface area (Å²) in [5, 5.41) is 9.86. The molecule has 3 aliphatic rings. The molecule has 2 amide bonds. The number of anilines is 1. The number of carboxylic acid groups (broad SMARTS) is 1. The molecule has 32 heavy (non-hydrogen) atoms. The summed E-state index contributed by atoms with van der Waals surface area (Å²) >= 11 is 1.08. The maximum atomic E-state index is 13.5. The molecule has 1 aromatic heterocycles. The van der Waals surface area contributed by atoms with Crippen LogP contribution in [0.4, 0.5) is 5.69 Å². The summed E-state index contributed by atoms with van der Waals surface area (Å²) in [6.07, 6.45) is 6.71. The monoisotopic (exact) mass is 458 g/mol. The minimum Gasteiger partial charge on any atom is -0.477 e. The van der Waals surface area contributed by atoms with E-state index in [0.29, 0.717) is 36.9 Å². The number of rotatable bonds is 5. The second kappa shape index (κ2) is 9.63. The average molecular weight is 459 g/mol. The molecule has 2 aliphatic carbocycles. The van der Waals surface area contributed by atoms with Crippen LogP contribution in [0, 0.1) is 23.2 Å². The number of thiophene rings is 1. The van der Waals surface area contributed by atoms with Crippen molar-refractivity contribution in [2.24, 2.45) is 11.3 Å². The SMILES string of the molecule is CC1(C#Cc2cc(N(CC(=O)N3CCOCC3)C(=O)C3CCCCC3)c(C(=O)O)s2)CC1. The van der Waals surface area contributed by atoms with Gasteiger partial charge in [-0.15, -0.1) is 11.3 Å². The van der Waals surface area contributed by atoms with E-state index >= 15 is 0 Å². The van der Waals surface area contributed by atoms with Gasteiger partial charge in [0.1, 0.15) is 11.4 Å². The highest BCUT2D eigenvalue weighted by Gasteiger charge is 2.36. The van der Waals surface area contributed by atoms with Crippen molar-refractivity contribution in [1.82, 2.24) is 4.90 Å². The number of hydrogen-bond donors (Lipinski definition) is 1. The number of carboxylic acids is 1. The fourth-order valence-electron chi connectivity index (χ4n) is 4.22. The van der Waals surface area contributed by atoms with E-state index in [2.05, 4.69) is 18.8 Å². The second-order valence-electron chi connectivity index (χ2n) is 9.19. The molecule has 7 nitrogen and oxygen atoms in total. The third-order valence-corrected chi connectivity index (χ3v) is 7.59. The van der Waals surface area contributed by atoms with Crippen molar-refractivity contribution in [3.05, 3.63) is 15.8 Å². The minimum absolute atomic E-state index is 0.0114. The van der Waals surface area contributed by atoms with E-state index < -0.39 is 5.97 Å². The second-order valence-corrected chi connectivity index (χ2v) is 10.2. The highest BCUT2D eigenvalue weighted by atomic mass is 32.1. The maximum absolute atomic E-state index is 13.5. The van der Waals surface area contributed by atoms with Gasteiger partial charge < -0.3 is 19.6 Å². The number of carbonyl (C=O) groups is 3. The highest BCUT2D eigenvalue weighted by Crippen LogP contribution is 2.44. The Kier molecular flexibility index (Phi) is 6.87. The van der Waals surface area contributed by atoms with Crippen LogP contribution in [0.1, 0.15) is 66.4 Å². The molecule has 1 aliphatic heterocycles. The summed E-state index contributed by atoms with van der Waals surface area (Å²) < 4.78 is 5.33. The molecule has 1 N–H and O–H groups in total. The Morgan fingerprint density at radius 3 is 2.53 bits per heavy atom. The van der Waals surface area contributed by atoms with Gasteiger partial charge in [-0.25, -0.2) is 4.79 Å². The molecule has 0 bridgehead atoms. The number of amides is 2. The summed E-state index contributed by atoms with van der Waals surface area (Å²) in [5.74, 6) is 4.72. The van der Waals surface area contributed by atoms with Crippen LogP contribution in [0.2, 0.25) is 0 Å². The van der Waals surface area contributed by atoms with E-state index in [1.165, 1.54) is 4.90 Å². The van der Waals surface area contributed by atoms with Crippen LogP contribution < -0.4 is 4.90 Å². The van der Waals surface area contributed by atoms with Crippen molar-refractivity contribution in [2.75, 3.05) is 37.7 Å². The molecule has 1 saturated heterocycles. The van der Waals surface area contributed by atoms with E-state index in [4.69, 9.17) is 4.74 Å². The topological polar surface area (TPSA) is 87.2 Å². The van der Waals surface area contributed by atoms with Gasteiger partial charge in [-0.2, -0.15) is 0 Å². The normalized spacial score (nSPS) is 20.2. The fourth-order valence-corrected chi connectivity index (χ4v) is 5.07. The first kappa shape index (κ1) is 22.8. The van der Waals surface area contributed by atoms with Crippen molar-refractivity contribution in [2.45, 2.75) is 51.9 Å². The van der Waals surface area contributed by atoms with Gasteiger partial charge in [0.05, 0.1) is 23.8 Å². The van der Waals surface area contributed by atoms with Crippen LogP contribution in [0.5, 0.6) is 0 Å². The van der Waals surface area contributed by atoms with Crippen molar-refractivity contribution < 1.29 is 24.2 Å². The summed E-state index contributed by atoms with van der Waals surface area (Å²) in [4.78, 5) is 42.4. The third-order valence-electron chi connectivity index (χ3n) is 6.56. The van der Waals surface area contributed by atoms with Crippen LogP contribution in [0.15, 0.2) is 6.07 Å². The van der Waals surface area contributed by atoms with E-state index in [1.807, 2.05) is 0 Å². The van der Waals surface area contributed by atoms with Gasteiger partial charge in [0.25, 0.3) is 0 Å².